The summed E-state index contributed by atoms with van der Waals surface area (Å²) in [5, 5.41) is 9.37. The molecule has 0 fully saturated rings. The highest BCUT2D eigenvalue weighted by molar-refractivity contribution is 6.31. The molecule has 0 unspecified atom stereocenters. The van der Waals surface area contributed by atoms with Crippen LogP contribution in [0.1, 0.15) is 5.56 Å². The molecule has 3 aromatic rings. The summed E-state index contributed by atoms with van der Waals surface area (Å²) in [4.78, 5) is 8.61. The van der Waals surface area contributed by atoms with Crippen LogP contribution in [0.2, 0.25) is 5.15 Å². The molecule has 0 aliphatic carbocycles. The molecule has 0 spiro atoms. The van der Waals surface area contributed by atoms with E-state index in [9.17, 15) is 9.65 Å². The third kappa shape index (κ3) is 2.67. The van der Waals surface area contributed by atoms with Crippen LogP contribution < -0.4 is 0 Å². The molecule has 1 aromatic heterocycles. The Morgan fingerprint density at radius 3 is 2.23 bits per heavy atom. The third-order valence-corrected chi connectivity index (χ3v) is 3.40. The molecule has 0 saturated carbocycles. The molecule has 0 bridgehead atoms. The first-order valence-corrected chi connectivity index (χ1v) is 6.86. The summed E-state index contributed by atoms with van der Waals surface area (Å²) >= 11 is 6.12. The fourth-order valence-corrected chi connectivity index (χ4v) is 2.28. The Morgan fingerprint density at radius 1 is 0.909 bits per heavy atom. The minimum atomic E-state index is -0.356. The Labute approximate surface area is 131 Å². The highest BCUT2D eigenvalue weighted by Crippen LogP contribution is 2.29. The normalized spacial score (nSPS) is 10.2. The maximum Gasteiger partial charge on any atom is 0.161 e. The molecule has 0 amide bonds. The molecule has 0 aliphatic heterocycles. The fourth-order valence-electron chi connectivity index (χ4n) is 2.07. The SMILES string of the molecule is N#Cc1c(Cl)nc(-c2ccccc2)nc1-c1ccc(F)cc1. The van der Waals surface area contributed by atoms with Crippen LogP contribution in [-0.2, 0) is 0 Å². The lowest BCUT2D eigenvalue weighted by molar-refractivity contribution is 0.628. The third-order valence-electron chi connectivity index (χ3n) is 3.13. The van der Waals surface area contributed by atoms with Crippen LogP contribution in [0.25, 0.3) is 22.6 Å². The summed E-state index contributed by atoms with van der Waals surface area (Å²) in [5.41, 5.74) is 1.96. The smallest absolute Gasteiger partial charge is 0.161 e. The topological polar surface area (TPSA) is 49.6 Å². The molecule has 0 saturated heterocycles. The van der Waals surface area contributed by atoms with Crippen LogP contribution in [0.4, 0.5) is 4.39 Å². The van der Waals surface area contributed by atoms with Gasteiger partial charge in [-0.05, 0) is 24.3 Å². The second kappa shape index (κ2) is 5.92. The van der Waals surface area contributed by atoms with E-state index in [1.165, 1.54) is 12.1 Å². The van der Waals surface area contributed by atoms with E-state index in [0.29, 0.717) is 17.1 Å². The molecule has 5 heteroatoms. The molecule has 0 aliphatic rings. The standard InChI is InChI=1S/C17H9ClFN3/c18-16-14(10-20)15(11-6-8-13(19)9-7-11)21-17(22-16)12-4-2-1-3-5-12/h1-9H. The van der Waals surface area contributed by atoms with Crippen molar-refractivity contribution in [2.45, 2.75) is 0 Å². The zero-order valence-corrected chi connectivity index (χ0v) is 12.0. The number of halogens is 2. The van der Waals surface area contributed by atoms with E-state index >= 15 is 0 Å². The van der Waals surface area contributed by atoms with Crippen molar-refractivity contribution < 1.29 is 4.39 Å². The van der Waals surface area contributed by atoms with Crippen molar-refractivity contribution in [2.24, 2.45) is 0 Å². The van der Waals surface area contributed by atoms with Crippen LogP contribution in [0.5, 0.6) is 0 Å². The number of aromatic nitrogens is 2. The Kier molecular flexibility index (Phi) is 3.82. The van der Waals surface area contributed by atoms with Gasteiger partial charge in [-0.25, -0.2) is 14.4 Å². The molecular weight excluding hydrogens is 301 g/mol. The molecule has 0 N–H and O–H groups in total. The van der Waals surface area contributed by atoms with Crippen molar-refractivity contribution in [1.29, 1.82) is 5.26 Å². The maximum absolute atomic E-state index is 13.1. The Morgan fingerprint density at radius 2 is 1.59 bits per heavy atom. The van der Waals surface area contributed by atoms with E-state index in [-0.39, 0.29) is 16.5 Å². The molecule has 3 rings (SSSR count). The van der Waals surface area contributed by atoms with E-state index in [1.54, 1.807) is 12.1 Å². The van der Waals surface area contributed by atoms with Crippen molar-refractivity contribution in [3.05, 3.63) is 71.1 Å². The zero-order valence-electron chi connectivity index (χ0n) is 11.3. The lowest BCUT2D eigenvalue weighted by Gasteiger charge is -2.08. The minimum Gasteiger partial charge on any atom is -0.226 e. The van der Waals surface area contributed by atoms with E-state index < -0.39 is 0 Å². The number of hydrogen-bond donors (Lipinski definition) is 0. The number of nitrogens with zero attached hydrogens (tertiary/aromatic N) is 3. The van der Waals surface area contributed by atoms with Gasteiger partial charge in [-0.2, -0.15) is 5.26 Å². The Balaban J connectivity index is 2.22. The second-order valence-corrected chi connectivity index (χ2v) is 4.90. The van der Waals surface area contributed by atoms with Crippen LogP contribution in [-0.4, -0.2) is 9.97 Å². The predicted octanol–water partition coefficient (Wildman–Crippen LogP) is 4.47. The highest BCUT2D eigenvalue weighted by atomic mass is 35.5. The van der Waals surface area contributed by atoms with Gasteiger partial charge >= 0.3 is 0 Å². The van der Waals surface area contributed by atoms with Crippen molar-refractivity contribution in [1.82, 2.24) is 9.97 Å². The van der Waals surface area contributed by atoms with Gasteiger partial charge in [-0.3, -0.25) is 0 Å². The number of benzene rings is 2. The van der Waals surface area contributed by atoms with Crippen molar-refractivity contribution in [3.63, 3.8) is 0 Å². The van der Waals surface area contributed by atoms with Crippen LogP contribution >= 0.6 is 11.6 Å². The maximum atomic E-state index is 13.1. The van der Waals surface area contributed by atoms with Gasteiger partial charge in [0.1, 0.15) is 17.4 Å². The van der Waals surface area contributed by atoms with E-state index in [1.807, 2.05) is 36.4 Å². The zero-order chi connectivity index (χ0) is 15.5. The van der Waals surface area contributed by atoms with Gasteiger partial charge in [0.2, 0.25) is 0 Å². The lowest BCUT2D eigenvalue weighted by Crippen LogP contribution is -1.98. The minimum absolute atomic E-state index is 0.0793. The van der Waals surface area contributed by atoms with Crippen LogP contribution in [0, 0.1) is 17.1 Å². The summed E-state index contributed by atoms with van der Waals surface area (Å²) in [6.07, 6.45) is 0. The second-order valence-electron chi connectivity index (χ2n) is 4.55. The summed E-state index contributed by atoms with van der Waals surface area (Å²) in [7, 11) is 0. The van der Waals surface area contributed by atoms with Crippen LogP contribution in [0.15, 0.2) is 54.6 Å². The molecule has 22 heavy (non-hydrogen) atoms. The van der Waals surface area contributed by atoms with Crippen molar-refractivity contribution in [3.8, 4) is 28.7 Å². The van der Waals surface area contributed by atoms with Gasteiger partial charge in [0.15, 0.2) is 11.0 Å². The Hall–Kier alpha value is -2.77. The average molecular weight is 310 g/mol. The highest BCUT2D eigenvalue weighted by Gasteiger charge is 2.15. The Bertz CT molecular complexity index is 856. The van der Waals surface area contributed by atoms with Gasteiger partial charge < -0.3 is 0 Å². The van der Waals surface area contributed by atoms with Gasteiger partial charge in [0.25, 0.3) is 0 Å². The molecule has 0 radical (unpaired) electrons. The lowest BCUT2D eigenvalue weighted by atomic mass is 10.1. The molecule has 0 atom stereocenters. The summed E-state index contributed by atoms with van der Waals surface area (Å²) in [6, 6.07) is 17.1. The molecule has 3 nitrogen and oxygen atoms in total. The first kappa shape index (κ1) is 14.2. The summed E-state index contributed by atoms with van der Waals surface area (Å²) in [6.45, 7) is 0. The van der Waals surface area contributed by atoms with Gasteiger partial charge in [0.05, 0.1) is 5.69 Å². The monoisotopic (exact) mass is 309 g/mol. The summed E-state index contributed by atoms with van der Waals surface area (Å²) in [5.74, 6) is 0.0645. The number of nitriles is 1. The molecule has 1 heterocycles. The van der Waals surface area contributed by atoms with E-state index in [4.69, 9.17) is 11.6 Å². The van der Waals surface area contributed by atoms with Crippen molar-refractivity contribution >= 4 is 11.6 Å². The van der Waals surface area contributed by atoms with E-state index in [0.717, 1.165) is 5.56 Å². The first-order chi connectivity index (χ1) is 10.7. The van der Waals surface area contributed by atoms with Gasteiger partial charge in [0, 0.05) is 11.1 Å². The van der Waals surface area contributed by atoms with Crippen LogP contribution in [0.3, 0.4) is 0 Å². The van der Waals surface area contributed by atoms with Crippen molar-refractivity contribution in [2.75, 3.05) is 0 Å². The quantitative estimate of drug-likeness (QED) is 0.656. The number of rotatable bonds is 2. The first-order valence-electron chi connectivity index (χ1n) is 6.48. The van der Waals surface area contributed by atoms with Gasteiger partial charge in [-0.15, -0.1) is 0 Å². The molecule has 106 valence electrons. The molecular formula is C17H9ClFN3. The fraction of sp³-hybridized carbons (Fsp3) is 0. The van der Waals surface area contributed by atoms with Gasteiger partial charge in [-0.1, -0.05) is 41.9 Å². The summed E-state index contributed by atoms with van der Waals surface area (Å²) < 4.78 is 13.1. The van der Waals surface area contributed by atoms with E-state index in [2.05, 4.69) is 9.97 Å². The average Bonchev–Trinajstić information content (AvgIpc) is 2.55. The largest absolute Gasteiger partial charge is 0.226 e. The molecule has 2 aromatic carbocycles. The predicted molar refractivity (Wildman–Crippen MR) is 82.6 cm³/mol. The number of hydrogen-bond acceptors (Lipinski definition) is 3.